The Morgan fingerprint density at radius 1 is 1.15 bits per heavy atom. The molecule has 140 valence electrons. The average Bonchev–Trinajstić information content (AvgIpc) is 2.66. The summed E-state index contributed by atoms with van der Waals surface area (Å²) in [6.07, 6.45) is 8.61. The van der Waals surface area contributed by atoms with Gasteiger partial charge in [-0.25, -0.2) is 4.39 Å². The number of hydrogen-bond acceptors (Lipinski definition) is 2. The van der Waals surface area contributed by atoms with Crippen LogP contribution < -0.4 is 4.74 Å². The van der Waals surface area contributed by atoms with Crippen molar-refractivity contribution in [2.45, 2.75) is 27.2 Å². The number of halogens is 1. The molecule has 2 aromatic carbocycles. The second-order valence-corrected chi connectivity index (χ2v) is 6.93. The number of benzene rings is 2. The van der Waals surface area contributed by atoms with Gasteiger partial charge in [0, 0.05) is 0 Å². The molecule has 0 saturated heterocycles. The molecule has 0 N–H and O–H groups in total. The summed E-state index contributed by atoms with van der Waals surface area (Å²) < 4.78 is 18.5. The molecule has 2 nitrogen and oxygen atoms in total. The van der Waals surface area contributed by atoms with Crippen LogP contribution >= 0.6 is 0 Å². The topological polar surface area (TPSA) is 26.3 Å². The molecule has 0 bridgehead atoms. The molecule has 0 radical (unpaired) electrons. The molecule has 0 aliphatic rings. The molecule has 0 aliphatic heterocycles. The van der Waals surface area contributed by atoms with E-state index < -0.39 is 11.9 Å². The molecule has 0 aliphatic carbocycles. The molecule has 2 aromatic rings. The Bertz CT molecular complexity index is 814. The van der Waals surface area contributed by atoms with Crippen LogP contribution in [0.1, 0.15) is 26.3 Å². The van der Waals surface area contributed by atoms with Crippen molar-refractivity contribution < 1.29 is 13.9 Å². The number of carbonyl (C=O) groups excluding carboxylic acids is 1. The third-order valence-electron chi connectivity index (χ3n) is 4.55. The lowest BCUT2D eigenvalue weighted by Gasteiger charge is -2.25. The molecule has 27 heavy (non-hydrogen) atoms. The van der Waals surface area contributed by atoms with Gasteiger partial charge in [0.2, 0.25) is 0 Å². The highest BCUT2D eigenvalue weighted by Gasteiger charge is 2.32. The fraction of sp³-hybridized carbons (Fsp3) is 0.292. The fourth-order valence-electron chi connectivity index (χ4n) is 3.02. The van der Waals surface area contributed by atoms with Crippen molar-refractivity contribution in [3.63, 3.8) is 0 Å². The summed E-state index contributed by atoms with van der Waals surface area (Å²) in [6, 6.07) is 15.5. The second-order valence-electron chi connectivity index (χ2n) is 6.93. The van der Waals surface area contributed by atoms with E-state index in [2.05, 4.69) is 24.1 Å². The van der Waals surface area contributed by atoms with Gasteiger partial charge >= 0.3 is 5.97 Å². The fourth-order valence-corrected chi connectivity index (χ4v) is 3.02. The minimum atomic E-state index is -0.480. The summed E-state index contributed by atoms with van der Waals surface area (Å²) in [6.45, 7) is 5.85. The van der Waals surface area contributed by atoms with E-state index in [0.717, 1.165) is 12.0 Å². The van der Waals surface area contributed by atoms with E-state index in [0.29, 0.717) is 5.75 Å². The Morgan fingerprint density at radius 3 is 2.33 bits per heavy atom. The van der Waals surface area contributed by atoms with Crippen LogP contribution in [0, 0.1) is 35.9 Å². The number of esters is 1. The highest BCUT2D eigenvalue weighted by atomic mass is 19.1. The van der Waals surface area contributed by atoms with Crippen LogP contribution in [0.5, 0.6) is 5.75 Å². The summed E-state index contributed by atoms with van der Waals surface area (Å²) in [7, 11) is 0. The number of rotatable bonds is 7. The highest BCUT2D eigenvalue weighted by Crippen LogP contribution is 2.29. The lowest BCUT2D eigenvalue weighted by molar-refractivity contribution is -0.141. The maximum Gasteiger partial charge on any atom is 0.316 e. The zero-order chi connectivity index (χ0) is 19.8. The van der Waals surface area contributed by atoms with Crippen molar-refractivity contribution in [3.8, 4) is 18.1 Å². The van der Waals surface area contributed by atoms with Crippen LogP contribution in [0.3, 0.4) is 0 Å². The monoisotopic (exact) mass is 364 g/mol. The van der Waals surface area contributed by atoms with Crippen molar-refractivity contribution in [2.75, 3.05) is 0 Å². The number of ether oxygens (including phenoxy) is 1. The number of terminal acetylenes is 1. The van der Waals surface area contributed by atoms with Gasteiger partial charge in [-0.1, -0.05) is 61.7 Å². The molecule has 0 spiro atoms. The van der Waals surface area contributed by atoms with Gasteiger partial charge in [-0.15, -0.1) is 6.42 Å². The molecule has 0 saturated carbocycles. The highest BCUT2D eigenvalue weighted by molar-refractivity contribution is 5.76. The summed E-state index contributed by atoms with van der Waals surface area (Å²) in [5, 5.41) is 0. The molecular weight excluding hydrogens is 339 g/mol. The molecular formula is C24H25FO2. The van der Waals surface area contributed by atoms with Crippen molar-refractivity contribution in [1.29, 1.82) is 0 Å². The number of allylic oxidation sites excluding steroid dienone is 2. The minimum absolute atomic E-state index is 0.000858. The van der Waals surface area contributed by atoms with Gasteiger partial charge < -0.3 is 4.74 Å². The molecule has 2 unspecified atom stereocenters. The summed E-state index contributed by atoms with van der Waals surface area (Å²) in [4.78, 5) is 12.8. The molecule has 0 fully saturated rings. The van der Waals surface area contributed by atoms with Gasteiger partial charge in [0.1, 0.15) is 11.6 Å². The summed E-state index contributed by atoms with van der Waals surface area (Å²) in [5.41, 5.74) is 2.15. The first kappa shape index (κ1) is 20.5. The molecule has 0 heterocycles. The van der Waals surface area contributed by atoms with Crippen LogP contribution in [0.25, 0.3) is 0 Å². The predicted molar refractivity (Wildman–Crippen MR) is 107 cm³/mol. The van der Waals surface area contributed by atoms with Crippen LogP contribution in [0.15, 0.2) is 66.2 Å². The maximum atomic E-state index is 13.0. The van der Waals surface area contributed by atoms with Crippen molar-refractivity contribution in [3.05, 3.63) is 77.6 Å². The third kappa shape index (κ3) is 5.82. The summed E-state index contributed by atoms with van der Waals surface area (Å²) in [5.74, 6) is 1.47. The molecule has 3 heteroatoms. The minimum Gasteiger partial charge on any atom is -0.426 e. The third-order valence-corrected chi connectivity index (χ3v) is 4.55. The van der Waals surface area contributed by atoms with E-state index in [-0.39, 0.29) is 17.7 Å². The Balaban J connectivity index is 2.17. The van der Waals surface area contributed by atoms with Gasteiger partial charge in [-0.05, 0) is 49.1 Å². The van der Waals surface area contributed by atoms with Gasteiger partial charge in [0.05, 0.1) is 11.8 Å². The van der Waals surface area contributed by atoms with Crippen LogP contribution in [-0.4, -0.2) is 5.97 Å². The van der Waals surface area contributed by atoms with E-state index in [4.69, 9.17) is 11.2 Å². The van der Waals surface area contributed by atoms with Crippen molar-refractivity contribution in [1.82, 2.24) is 0 Å². The number of carbonyl (C=O) groups is 1. The first-order valence-electron chi connectivity index (χ1n) is 9.06. The SMILES string of the molecule is C#CC(C(C)=CCc1ccccc1)C(C(=O)Oc1ccc(F)cc1)C(C)C. The first-order chi connectivity index (χ1) is 12.9. The largest absolute Gasteiger partial charge is 0.426 e. The Hall–Kier alpha value is -2.86. The zero-order valence-electron chi connectivity index (χ0n) is 16.0. The van der Waals surface area contributed by atoms with Gasteiger partial charge in [0.15, 0.2) is 0 Å². The Kier molecular flexibility index (Phi) is 7.37. The lowest BCUT2D eigenvalue weighted by atomic mass is 9.79. The van der Waals surface area contributed by atoms with Gasteiger partial charge in [-0.3, -0.25) is 4.79 Å². The first-order valence-corrected chi connectivity index (χ1v) is 9.06. The van der Waals surface area contributed by atoms with Crippen LogP contribution in [0.2, 0.25) is 0 Å². The molecule has 2 rings (SSSR count). The predicted octanol–water partition coefficient (Wildman–Crippen LogP) is 5.44. The van der Waals surface area contributed by atoms with E-state index in [9.17, 15) is 9.18 Å². The van der Waals surface area contributed by atoms with Crippen molar-refractivity contribution >= 4 is 5.97 Å². The lowest BCUT2D eigenvalue weighted by Crippen LogP contribution is -2.32. The maximum absolute atomic E-state index is 13.0. The quantitative estimate of drug-likeness (QED) is 0.283. The van der Waals surface area contributed by atoms with E-state index in [1.165, 1.54) is 29.8 Å². The second kappa shape index (κ2) is 9.73. The van der Waals surface area contributed by atoms with Crippen LogP contribution in [0.4, 0.5) is 4.39 Å². The normalized spacial score (nSPS) is 13.7. The number of hydrogen-bond donors (Lipinski definition) is 0. The smallest absolute Gasteiger partial charge is 0.316 e. The molecule has 0 amide bonds. The standard InChI is InChI=1S/C24H25FO2/c1-5-22(18(4)11-12-19-9-7-6-8-10-19)23(17(2)3)24(26)27-21-15-13-20(25)14-16-21/h1,6-11,13-17,22-23H,12H2,2-4H3. The summed E-state index contributed by atoms with van der Waals surface area (Å²) >= 11 is 0. The molecule has 2 atom stereocenters. The van der Waals surface area contributed by atoms with E-state index in [1.54, 1.807) is 0 Å². The molecule has 0 aromatic heterocycles. The van der Waals surface area contributed by atoms with Crippen LogP contribution in [-0.2, 0) is 11.2 Å². The van der Waals surface area contributed by atoms with Gasteiger partial charge in [-0.2, -0.15) is 0 Å². The van der Waals surface area contributed by atoms with Gasteiger partial charge in [0.25, 0.3) is 0 Å². The Labute approximate surface area is 161 Å². The van der Waals surface area contributed by atoms with E-state index in [1.807, 2.05) is 39.0 Å². The zero-order valence-corrected chi connectivity index (χ0v) is 16.0. The van der Waals surface area contributed by atoms with E-state index >= 15 is 0 Å². The van der Waals surface area contributed by atoms with Crippen molar-refractivity contribution in [2.24, 2.45) is 17.8 Å². The Morgan fingerprint density at radius 2 is 1.78 bits per heavy atom. The average molecular weight is 364 g/mol.